The monoisotopic (exact) mass is 594 g/mol. The standard InChI is InChI=1S/C44H38N2/c1-31-15-11-12-24-39(31)46(38-22-9-4-10-23-38)41-26-14-17-33-30-35-28-27-34-29-32-16-13-25-40(42(32)44(34,35)43(33)41)45(36-18-5-2-6-19-36)37-20-7-3-8-21-37/h2-26,34-35H,27-30H2,1H3. The minimum absolute atomic E-state index is 0.0463. The topological polar surface area (TPSA) is 6.48 Å². The molecule has 3 unspecified atom stereocenters. The number of hydrogen-bond donors (Lipinski definition) is 0. The Kier molecular flexibility index (Phi) is 6.38. The van der Waals surface area contributed by atoms with E-state index in [0.717, 1.165) is 12.8 Å². The van der Waals surface area contributed by atoms with Gasteiger partial charge in [0.2, 0.25) is 0 Å². The first-order valence-corrected chi connectivity index (χ1v) is 16.8. The zero-order valence-electron chi connectivity index (χ0n) is 26.3. The quantitative estimate of drug-likeness (QED) is 0.189. The van der Waals surface area contributed by atoms with Gasteiger partial charge in [-0.15, -0.1) is 0 Å². The number of para-hydroxylation sites is 4. The van der Waals surface area contributed by atoms with Crippen LogP contribution >= 0.6 is 0 Å². The van der Waals surface area contributed by atoms with Crippen molar-refractivity contribution in [2.75, 3.05) is 9.80 Å². The average Bonchev–Trinajstić information content (AvgIpc) is 3.74. The minimum Gasteiger partial charge on any atom is -0.310 e. The van der Waals surface area contributed by atoms with E-state index in [0.29, 0.717) is 11.8 Å². The summed E-state index contributed by atoms with van der Waals surface area (Å²) in [5.74, 6) is 1.16. The van der Waals surface area contributed by atoms with E-state index in [9.17, 15) is 0 Å². The van der Waals surface area contributed by atoms with E-state index >= 15 is 0 Å². The highest BCUT2D eigenvalue weighted by Crippen LogP contribution is 2.68. The lowest BCUT2D eigenvalue weighted by Gasteiger charge is -2.40. The van der Waals surface area contributed by atoms with Gasteiger partial charge in [0.25, 0.3) is 0 Å². The van der Waals surface area contributed by atoms with E-state index in [2.05, 4.69) is 168 Å². The van der Waals surface area contributed by atoms with Gasteiger partial charge >= 0.3 is 0 Å². The van der Waals surface area contributed by atoms with Crippen molar-refractivity contribution in [1.29, 1.82) is 0 Å². The summed E-state index contributed by atoms with van der Waals surface area (Å²) < 4.78 is 0. The molecule has 3 aliphatic carbocycles. The van der Waals surface area contributed by atoms with Gasteiger partial charge in [0.15, 0.2) is 0 Å². The van der Waals surface area contributed by atoms with Crippen LogP contribution < -0.4 is 9.80 Å². The molecule has 0 N–H and O–H groups in total. The summed E-state index contributed by atoms with van der Waals surface area (Å²) in [4.78, 5) is 5.07. The van der Waals surface area contributed by atoms with Crippen molar-refractivity contribution >= 4 is 34.1 Å². The van der Waals surface area contributed by atoms with Crippen LogP contribution in [0.5, 0.6) is 0 Å². The molecule has 0 bridgehead atoms. The van der Waals surface area contributed by atoms with Crippen LogP contribution in [0.25, 0.3) is 0 Å². The van der Waals surface area contributed by atoms with Crippen molar-refractivity contribution in [3.8, 4) is 0 Å². The molecule has 6 aromatic carbocycles. The third kappa shape index (κ3) is 3.96. The van der Waals surface area contributed by atoms with Gasteiger partial charge in [0.1, 0.15) is 0 Å². The largest absolute Gasteiger partial charge is 0.310 e. The summed E-state index contributed by atoms with van der Waals surface area (Å²) in [6.07, 6.45) is 4.83. The highest BCUT2D eigenvalue weighted by Gasteiger charge is 2.62. The number of nitrogens with zero attached hydrogens (tertiary/aromatic N) is 2. The number of anilines is 6. The molecule has 0 radical (unpaired) electrons. The van der Waals surface area contributed by atoms with Crippen molar-refractivity contribution < 1.29 is 0 Å². The number of benzene rings is 6. The molecule has 1 fully saturated rings. The Bertz CT molecular complexity index is 1990. The zero-order valence-corrected chi connectivity index (χ0v) is 26.3. The molecule has 0 aliphatic heterocycles. The molecule has 0 amide bonds. The Morgan fingerprint density at radius 2 is 0.848 bits per heavy atom. The lowest BCUT2D eigenvalue weighted by atomic mass is 9.68. The Hall–Kier alpha value is -5.08. The number of rotatable bonds is 6. The molecule has 224 valence electrons. The van der Waals surface area contributed by atoms with Gasteiger partial charge in [-0.2, -0.15) is 0 Å². The summed E-state index contributed by atoms with van der Waals surface area (Å²) in [5, 5.41) is 0. The second kappa shape index (κ2) is 10.8. The van der Waals surface area contributed by atoms with Gasteiger partial charge in [0, 0.05) is 28.2 Å². The van der Waals surface area contributed by atoms with Crippen molar-refractivity contribution in [2.45, 2.75) is 38.0 Å². The van der Waals surface area contributed by atoms with Crippen molar-refractivity contribution in [3.05, 3.63) is 179 Å². The molecule has 6 aromatic rings. The van der Waals surface area contributed by atoms with Crippen LogP contribution in [-0.2, 0) is 18.3 Å². The van der Waals surface area contributed by atoms with Gasteiger partial charge in [-0.25, -0.2) is 0 Å². The molecule has 0 aromatic heterocycles. The molecule has 2 heteroatoms. The Morgan fingerprint density at radius 1 is 0.435 bits per heavy atom. The first-order valence-electron chi connectivity index (χ1n) is 16.8. The van der Waals surface area contributed by atoms with E-state index < -0.39 is 0 Å². The molecule has 0 saturated heterocycles. The van der Waals surface area contributed by atoms with E-state index in [1.807, 2.05) is 0 Å². The highest BCUT2D eigenvalue weighted by atomic mass is 15.2. The predicted molar refractivity (Wildman–Crippen MR) is 191 cm³/mol. The Balaban J connectivity index is 1.33. The third-order valence-electron chi connectivity index (χ3n) is 11.1. The summed E-state index contributed by atoms with van der Waals surface area (Å²) in [6.45, 7) is 2.24. The number of fused-ring (bicyclic) bond motifs is 2. The lowest BCUT2D eigenvalue weighted by molar-refractivity contribution is 0.350. The van der Waals surface area contributed by atoms with Gasteiger partial charge in [-0.1, -0.05) is 97.1 Å². The molecular weight excluding hydrogens is 556 g/mol. The normalized spacial score (nSPS) is 20.5. The summed E-state index contributed by atoms with van der Waals surface area (Å²) in [5.41, 5.74) is 14.9. The second-order valence-corrected chi connectivity index (χ2v) is 13.3. The van der Waals surface area contributed by atoms with E-state index in [1.165, 1.54) is 63.7 Å². The smallest absolute Gasteiger partial charge is 0.0505 e. The van der Waals surface area contributed by atoms with Gasteiger partial charge < -0.3 is 9.80 Å². The van der Waals surface area contributed by atoms with Crippen LogP contribution in [0.3, 0.4) is 0 Å². The molecule has 0 heterocycles. The lowest BCUT2D eigenvalue weighted by Crippen LogP contribution is -2.34. The molecule has 2 nitrogen and oxygen atoms in total. The van der Waals surface area contributed by atoms with Crippen LogP contribution in [0.2, 0.25) is 0 Å². The molecular formula is C44H38N2. The first kappa shape index (κ1) is 27.2. The molecule has 3 atom stereocenters. The number of hydrogen-bond acceptors (Lipinski definition) is 2. The SMILES string of the molecule is Cc1ccccc1N(c1ccccc1)c1cccc2c1C13c4c(cccc4N(c4ccccc4)c4ccccc4)CC1CCC3C2. The maximum Gasteiger partial charge on any atom is 0.0505 e. The van der Waals surface area contributed by atoms with Crippen LogP contribution in [0.4, 0.5) is 34.1 Å². The van der Waals surface area contributed by atoms with Crippen LogP contribution in [-0.4, -0.2) is 0 Å². The average molecular weight is 595 g/mol. The van der Waals surface area contributed by atoms with Crippen molar-refractivity contribution in [2.24, 2.45) is 11.8 Å². The third-order valence-corrected chi connectivity index (χ3v) is 11.1. The molecule has 1 saturated carbocycles. The first-order chi connectivity index (χ1) is 22.7. The summed E-state index contributed by atoms with van der Waals surface area (Å²) >= 11 is 0. The van der Waals surface area contributed by atoms with Crippen LogP contribution in [0.1, 0.15) is 40.7 Å². The van der Waals surface area contributed by atoms with Gasteiger partial charge in [0.05, 0.1) is 11.4 Å². The van der Waals surface area contributed by atoms with E-state index in [-0.39, 0.29) is 5.41 Å². The molecule has 3 aliphatic rings. The van der Waals surface area contributed by atoms with E-state index in [1.54, 1.807) is 11.1 Å². The van der Waals surface area contributed by atoms with Gasteiger partial charge in [-0.3, -0.25) is 0 Å². The fourth-order valence-electron chi connectivity index (χ4n) is 9.41. The molecule has 1 spiro atoms. The fourth-order valence-corrected chi connectivity index (χ4v) is 9.41. The highest BCUT2D eigenvalue weighted by molar-refractivity contribution is 5.87. The van der Waals surface area contributed by atoms with Crippen LogP contribution in [0, 0.1) is 18.8 Å². The maximum atomic E-state index is 2.55. The summed E-state index contributed by atoms with van der Waals surface area (Å²) in [6, 6.07) is 56.0. The van der Waals surface area contributed by atoms with Gasteiger partial charge in [-0.05, 0) is 127 Å². The Labute approximate surface area is 272 Å². The molecule has 9 rings (SSSR count). The predicted octanol–water partition coefficient (Wildman–Crippen LogP) is 11.4. The second-order valence-electron chi connectivity index (χ2n) is 13.3. The van der Waals surface area contributed by atoms with Crippen molar-refractivity contribution in [1.82, 2.24) is 0 Å². The zero-order chi connectivity index (χ0) is 30.7. The van der Waals surface area contributed by atoms with E-state index in [4.69, 9.17) is 0 Å². The van der Waals surface area contributed by atoms with Crippen molar-refractivity contribution in [3.63, 3.8) is 0 Å². The molecule has 46 heavy (non-hydrogen) atoms. The maximum absolute atomic E-state index is 2.55. The Morgan fingerprint density at radius 3 is 1.35 bits per heavy atom. The fraction of sp³-hybridized carbons (Fsp3) is 0.182. The number of aryl methyl sites for hydroxylation is 1. The van der Waals surface area contributed by atoms with Crippen LogP contribution in [0.15, 0.2) is 152 Å². The summed E-state index contributed by atoms with van der Waals surface area (Å²) in [7, 11) is 0. The minimum atomic E-state index is -0.0463.